The SMILES string of the molecule is CC(C)N(Cc1cccnc1)C(=O)CC1(N)CCC1. The van der Waals surface area contributed by atoms with Crippen LogP contribution in [0, 0.1) is 0 Å². The lowest BCUT2D eigenvalue weighted by atomic mass is 9.75. The molecule has 0 aliphatic heterocycles. The zero-order valence-corrected chi connectivity index (χ0v) is 11.8. The van der Waals surface area contributed by atoms with Crippen LogP contribution in [-0.2, 0) is 11.3 Å². The second-order valence-corrected chi connectivity index (χ2v) is 5.87. The molecule has 1 heterocycles. The van der Waals surface area contributed by atoms with Crippen molar-refractivity contribution in [3.63, 3.8) is 0 Å². The Morgan fingerprint density at radius 2 is 2.26 bits per heavy atom. The van der Waals surface area contributed by atoms with E-state index < -0.39 is 0 Å². The third-order valence-corrected chi connectivity index (χ3v) is 3.87. The number of rotatable bonds is 5. The van der Waals surface area contributed by atoms with Crippen molar-refractivity contribution in [2.75, 3.05) is 0 Å². The Morgan fingerprint density at radius 1 is 1.53 bits per heavy atom. The number of aromatic nitrogens is 1. The number of pyridine rings is 1. The average molecular weight is 261 g/mol. The van der Waals surface area contributed by atoms with Gasteiger partial charge in [0.15, 0.2) is 0 Å². The average Bonchev–Trinajstić information content (AvgIpc) is 2.34. The topological polar surface area (TPSA) is 59.2 Å². The predicted octanol–water partition coefficient (Wildman–Crippen LogP) is 2.09. The summed E-state index contributed by atoms with van der Waals surface area (Å²) in [5.41, 5.74) is 6.98. The number of hydrogen-bond donors (Lipinski definition) is 1. The number of carbonyl (C=O) groups excluding carboxylic acids is 1. The van der Waals surface area contributed by atoms with Gasteiger partial charge >= 0.3 is 0 Å². The number of nitrogens with zero attached hydrogens (tertiary/aromatic N) is 2. The van der Waals surface area contributed by atoms with E-state index in [1.165, 1.54) is 0 Å². The first-order chi connectivity index (χ1) is 9.00. The van der Waals surface area contributed by atoms with Crippen molar-refractivity contribution in [3.05, 3.63) is 30.1 Å². The van der Waals surface area contributed by atoms with E-state index in [1.807, 2.05) is 37.1 Å². The molecule has 2 rings (SSSR count). The zero-order valence-electron chi connectivity index (χ0n) is 11.8. The van der Waals surface area contributed by atoms with Crippen LogP contribution < -0.4 is 5.73 Å². The van der Waals surface area contributed by atoms with Crippen molar-refractivity contribution in [3.8, 4) is 0 Å². The van der Waals surface area contributed by atoms with Crippen LogP contribution in [0.4, 0.5) is 0 Å². The Bertz CT molecular complexity index is 426. The fourth-order valence-electron chi connectivity index (χ4n) is 2.46. The van der Waals surface area contributed by atoms with E-state index in [1.54, 1.807) is 6.20 Å². The first-order valence-corrected chi connectivity index (χ1v) is 6.97. The van der Waals surface area contributed by atoms with Gasteiger partial charge in [0.25, 0.3) is 0 Å². The second kappa shape index (κ2) is 5.70. The Kier molecular flexibility index (Phi) is 4.20. The Balaban J connectivity index is 2.01. The Morgan fingerprint density at radius 3 is 2.74 bits per heavy atom. The van der Waals surface area contributed by atoms with Gasteiger partial charge in [-0.25, -0.2) is 0 Å². The largest absolute Gasteiger partial charge is 0.336 e. The van der Waals surface area contributed by atoms with Crippen LogP contribution in [0.1, 0.15) is 45.1 Å². The van der Waals surface area contributed by atoms with Gasteiger partial charge in [-0.05, 0) is 44.7 Å². The highest BCUT2D eigenvalue weighted by Crippen LogP contribution is 2.33. The van der Waals surface area contributed by atoms with E-state index in [-0.39, 0.29) is 17.5 Å². The molecule has 1 aromatic rings. The Hall–Kier alpha value is -1.42. The molecule has 0 saturated heterocycles. The van der Waals surface area contributed by atoms with Gasteiger partial charge in [-0.15, -0.1) is 0 Å². The molecular weight excluding hydrogens is 238 g/mol. The van der Waals surface area contributed by atoms with Crippen LogP contribution in [0.25, 0.3) is 0 Å². The summed E-state index contributed by atoms with van der Waals surface area (Å²) < 4.78 is 0. The van der Waals surface area contributed by atoms with Crippen molar-refractivity contribution >= 4 is 5.91 Å². The lowest BCUT2D eigenvalue weighted by molar-refractivity contribution is -0.135. The first kappa shape index (κ1) is 14.0. The van der Waals surface area contributed by atoms with Gasteiger partial charge in [0.05, 0.1) is 0 Å². The van der Waals surface area contributed by atoms with Gasteiger partial charge in [-0.1, -0.05) is 6.07 Å². The van der Waals surface area contributed by atoms with E-state index in [0.29, 0.717) is 13.0 Å². The number of amides is 1. The molecule has 1 aliphatic rings. The van der Waals surface area contributed by atoms with Crippen molar-refractivity contribution in [1.82, 2.24) is 9.88 Å². The van der Waals surface area contributed by atoms with Crippen LogP contribution in [-0.4, -0.2) is 27.4 Å². The maximum atomic E-state index is 12.4. The van der Waals surface area contributed by atoms with Crippen molar-refractivity contribution in [2.45, 2.75) is 57.7 Å². The van der Waals surface area contributed by atoms with Gasteiger partial charge in [0.2, 0.25) is 5.91 Å². The number of hydrogen-bond acceptors (Lipinski definition) is 3. The molecule has 0 atom stereocenters. The van der Waals surface area contributed by atoms with Crippen molar-refractivity contribution < 1.29 is 4.79 Å². The molecule has 0 radical (unpaired) electrons. The molecule has 1 aromatic heterocycles. The van der Waals surface area contributed by atoms with Crippen LogP contribution >= 0.6 is 0 Å². The maximum Gasteiger partial charge on any atom is 0.224 e. The summed E-state index contributed by atoms with van der Waals surface area (Å²) in [5, 5.41) is 0. The van der Waals surface area contributed by atoms with Crippen LogP contribution in [0.5, 0.6) is 0 Å². The molecule has 0 aromatic carbocycles. The zero-order chi connectivity index (χ0) is 13.9. The summed E-state index contributed by atoms with van der Waals surface area (Å²) in [6.07, 6.45) is 7.10. The molecule has 0 unspecified atom stereocenters. The molecule has 2 N–H and O–H groups in total. The molecule has 1 aliphatic carbocycles. The Labute approximate surface area is 115 Å². The van der Waals surface area contributed by atoms with Gasteiger partial charge in [-0.2, -0.15) is 0 Å². The van der Waals surface area contributed by atoms with Gasteiger partial charge in [0, 0.05) is 36.9 Å². The van der Waals surface area contributed by atoms with E-state index in [2.05, 4.69) is 4.98 Å². The quantitative estimate of drug-likeness (QED) is 0.883. The van der Waals surface area contributed by atoms with Gasteiger partial charge in [0.1, 0.15) is 0 Å². The van der Waals surface area contributed by atoms with Gasteiger partial charge in [-0.3, -0.25) is 9.78 Å². The minimum absolute atomic E-state index is 0.154. The third kappa shape index (κ3) is 3.53. The number of carbonyl (C=O) groups is 1. The van der Waals surface area contributed by atoms with E-state index in [9.17, 15) is 4.79 Å². The number of nitrogens with two attached hydrogens (primary N) is 1. The van der Waals surface area contributed by atoms with E-state index in [0.717, 1.165) is 24.8 Å². The first-order valence-electron chi connectivity index (χ1n) is 6.97. The van der Waals surface area contributed by atoms with E-state index in [4.69, 9.17) is 5.73 Å². The predicted molar refractivity (Wildman–Crippen MR) is 75.3 cm³/mol. The third-order valence-electron chi connectivity index (χ3n) is 3.87. The summed E-state index contributed by atoms with van der Waals surface area (Å²) in [6.45, 7) is 4.69. The molecule has 1 saturated carbocycles. The maximum absolute atomic E-state index is 12.4. The summed E-state index contributed by atoms with van der Waals surface area (Å²) in [6, 6.07) is 4.07. The second-order valence-electron chi connectivity index (χ2n) is 5.87. The van der Waals surface area contributed by atoms with Crippen molar-refractivity contribution in [2.24, 2.45) is 5.73 Å². The highest BCUT2D eigenvalue weighted by atomic mass is 16.2. The fraction of sp³-hybridized carbons (Fsp3) is 0.600. The summed E-state index contributed by atoms with van der Waals surface area (Å²) in [7, 11) is 0. The lowest BCUT2D eigenvalue weighted by Crippen LogP contribution is -2.51. The monoisotopic (exact) mass is 261 g/mol. The molecule has 1 fully saturated rings. The van der Waals surface area contributed by atoms with Gasteiger partial charge < -0.3 is 10.6 Å². The standard InChI is InChI=1S/C15H23N3O/c1-12(2)18(11-13-5-3-8-17-10-13)14(19)9-15(16)6-4-7-15/h3,5,8,10,12H,4,6-7,9,11,16H2,1-2H3. The minimum atomic E-state index is -0.251. The molecule has 0 spiro atoms. The highest BCUT2D eigenvalue weighted by Gasteiger charge is 2.36. The fourth-order valence-corrected chi connectivity index (χ4v) is 2.46. The summed E-state index contributed by atoms with van der Waals surface area (Å²) in [5.74, 6) is 0.154. The molecule has 19 heavy (non-hydrogen) atoms. The highest BCUT2D eigenvalue weighted by molar-refractivity contribution is 5.78. The summed E-state index contributed by atoms with van der Waals surface area (Å²) in [4.78, 5) is 18.4. The summed E-state index contributed by atoms with van der Waals surface area (Å²) >= 11 is 0. The van der Waals surface area contributed by atoms with E-state index >= 15 is 0 Å². The van der Waals surface area contributed by atoms with Crippen LogP contribution in [0.3, 0.4) is 0 Å². The minimum Gasteiger partial charge on any atom is -0.336 e. The molecular formula is C15H23N3O. The molecule has 0 bridgehead atoms. The smallest absolute Gasteiger partial charge is 0.224 e. The van der Waals surface area contributed by atoms with Crippen LogP contribution in [0.2, 0.25) is 0 Å². The van der Waals surface area contributed by atoms with Crippen LogP contribution in [0.15, 0.2) is 24.5 Å². The van der Waals surface area contributed by atoms with Crippen molar-refractivity contribution in [1.29, 1.82) is 0 Å². The lowest BCUT2D eigenvalue weighted by Gasteiger charge is -2.39. The normalized spacial score (nSPS) is 17.1. The molecule has 1 amide bonds. The molecule has 104 valence electrons. The molecule has 4 nitrogen and oxygen atoms in total. The molecule has 4 heteroatoms.